The van der Waals surface area contributed by atoms with Gasteiger partial charge < -0.3 is 9.47 Å². The van der Waals surface area contributed by atoms with Gasteiger partial charge in [-0.25, -0.2) is 9.79 Å². The van der Waals surface area contributed by atoms with E-state index in [1.54, 1.807) is 12.0 Å². The highest BCUT2D eigenvalue weighted by Gasteiger charge is 2.39. The molecule has 1 aromatic carbocycles. The standard InChI is InChI=1S/C16H22N2O3/c1-16(2,3)14-17-13(20-4)10-18(14)15(19)21-11-12-8-6-5-7-9-12/h5-9,14H,10-11H2,1-4H3/t14-/m1/s1. The van der Waals surface area contributed by atoms with Crippen molar-refractivity contribution in [1.82, 2.24) is 4.90 Å². The molecule has 0 aliphatic carbocycles. The summed E-state index contributed by atoms with van der Waals surface area (Å²) >= 11 is 0. The minimum Gasteiger partial charge on any atom is -0.483 e. The summed E-state index contributed by atoms with van der Waals surface area (Å²) in [7, 11) is 1.57. The van der Waals surface area contributed by atoms with Gasteiger partial charge in [0.05, 0.1) is 7.11 Å². The first-order valence-electron chi connectivity index (χ1n) is 7.00. The molecule has 0 N–H and O–H groups in total. The zero-order chi connectivity index (χ0) is 15.5. The van der Waals surface area contributed by atoms with Gasteiger partial charge in [0.25, 0.3) is 0 Å². The Hall–Kier alpha value is -2.04. The first-order valence-corrected chi connectivity index (χ1v) is 7.00. The first-order chi connectivity index (χ1) is 9.91. The molecule has 1 heterocycles. The van der Waals surface area contributed by atoms with Crippen molar-refractivity contribution in [2.45, 2.75) is 33.5 Å². The van der Waals surface area contributed by atoms with Crippen LogP contribution in [0.4, 0.5) is 4.79 Å². The molecule has 5 nitrogen and oxygen atoms in total. The van der Waals surface area contributed by atoms with Crippen LogP contribution in [0, 0.1) is 5.41 Å². The monoisotopic (exact) mass is 290 g/mol. The molecule has 1 aliphatic rings. The number of benzene rings is 1. The zero-order valence-corrected chi connectivity index (χ0v) is 13.0. The van der Waals surface area contributed by atoms with E-state index in [9.17, 15) is 4.79 Å². The van der Waals surface area contributed by atoms with Crippen LogP contribution in [0.1, 0.15) is 26.3 Å². The normalized spacial score (nSPS) is 18.4. The van der Waals surface area contributed by atoms with E-state index in [4.69, 9.17) is 9.47 Å². The van der Waals surface area contributed by atoms with E-state index in [0.29, 0.717) is 12.4 Å². The molecule has 0 fully saturated rings. The molecular weight excluding hydrogens is 268 g/mol. The third-order valence-corrected chi connectivity index (χ3v) is 3.32. The Kier molecular flexibility index (Phi) is 4.50. The van der Waals surface area contributed by atoms with Gasteiger partial charge in [0.1, 0.15) is 19.3 Å². The Morgan fingerprint density at radius 2 is 2.00 bits per heavy atom. The molecule has 1 atom stereocenters. The highest BCUT2D eigenvalue weighted by atomic mass is 16.6. The predicted octanol–water partition coefficient (Wildman–Crippen LogP) is 3.06. The van der Waals surface area contributed by atoms with Gasteiger partial charge >= 0.3 is 6.09 Å². The second-order valence-electron chi connectivity index (χ2n) is 6.13. The number of hydrogen-bond acceptors (Lipinski definition) is 4. The summed E-state index contributed by atoms with van der Waals surface area (Å²) in [6.45, 7) is 6.73. The van der Waals surface area contributed by atoms with Crippen LogP contribution in [-0.2, 0) is 16.1 Å². The van der Waals surface area contributed by atoms with Gasteiger partial charge in [-0.15, -0.1) is 0 Å². The van der Waals surface area contributed by atoms with Gasteiger partial charge in [-0.3, -0.25) is 4.90 Å². The van der Waals surface area contributed by atoms with Crippen molar-refractivity contribution in [1.29, 1.82) is 0 Å². The number of amides is 1. The topological polar surface area (TPSA) is 51.1 Å². The third-order valence-electron chi connectivity index (χ3n) is 3.32. The zero-order valence-electron chi connectivity index (χ0n) is 13.0. The summed E-state index contributed by atoms with van der Waals surface area (Å²) in [5.74, 6) is 0.562. The molecule has 0 spiro atoms. The third kappa shape index (κ3) is 3.74. The van der Waals surface area contributed by atoms with Crippen LogP contribution in [0.2, 0.25) is 0 Å². The Morgan fingerprint density at radius 3 is 2.57 bits per heavy atom. The summed E-state index contributed by atoms with van der Waals surface area (Å²) in [6, 6.07) is 9.62. The molecule has 114 valence electrons. The van der Waals surface area contributed by atoms with E-state index in [2.05, 4.69) is 4.99 Å². The number of ether oxygens (including phenoxy) is 2. The van der Waals surface area contributed by atoms with E-state index < -0.39 is 0 Å². The average molecular weight is 290 g/mol. The van der Waals surface area contributed by atoms with Gasteiger partial charge in [-0.2, -0.15) is 0 Å². The lowest BCUT2D eigenvalue weighted by molar-refractivity contribution is 0.0684. The molecule has 21 heavy (non-hydrogen) atoms. The molecule has 0 aromatic heterocycles. The van der Waals surface area contributed by atoms with Crippen LogP contribution in [-0.4, -0.2) is 36.7 Å². The van der Waals surface area contributed by atoms with E-state index in [1.165, 1.54) is 0 Å². The van der Waals surface area contributed by atoms with Gasteiger partial charge in [0, 0.05) is 5.41 Å². The van der Waals surface area contributed by atoms with Crippen molar-refractivity contribution in [2.75, 3.05) is 13.7 Å². The summed E-state index contributed by atoms with van der Waals surface area (Å²) in [5.41, 5.74) is 0.789. The SMILES string of the molecule is COC1=N[C@@H](C(C)(C)C)N(C(=O)OCc2ccccc2)C1. The lowest BCUT2D eigenvalue weighted by atomic mass is 9.92. The minimum atomic E-state index is -0.366. The minimum absolute atomic E-state index is 0.175. The van der Waals surface area contributed by atoms with Gasteiger partial charge in [0.2, 0.25) is 5.90 Å². The number of nitrogens with zero attached hydrogens (tertiary/aromatic N) is 2. The van der Waals surface area contributed by atoms with Crippen LogP contribution in [0.3, 0.4) is 0 Å². The predicted molar refractivity (Wildman–Crippen MR) is 81.0 cm³/mol. The fraction of sp³-hybridized carbons (Fsp3) is 0.500. The fourth-order valence-electron chi connectivity index (χ4n) is 2.22. The van der Waals surface area contributed by atoms with E-state index in [-0.39, 0.29) is 24.3 Å². The van der Waals surface area contributed by atoms with Crippen molar-refractivity contribution in [3.63, 3.8) is 0 Å². The number of carbonyl (C=O) groups is 1. The second-order valence-corrected chi connectivity index (χ2v) is 6.13. The number of carbonyl (C=O) groups excluding carboxylic acids is 1. The highest BCUT2D eigenvalue weighted by Crippen LogP contribution is 2.29. The molecule has 2 rings (SSSR count). The largest absolute Gasteiger partial charge is 0.483 e. The number of hydrogen-bond donors (Lipinski definition) is 0. The van der Waals surface area contributed by atoms with Crippen molar-refractivity contribution in [3.05, 3.63) is 35.9 Å². The fourth-order valence-corrected chi connectivity index (χ4v) is 2.22. The number of aliphatic imine (C=N–C) groups is 1. The first kappa shape index (κ1) is 15.4. The molecule has 1 amide bonds. The molecule has 5 heteroatoms. The van der Waals surface area contributed by atoms with Crippen LogP contribution in [0.15, 0.2) is 35.3 Å². The summed E-state index contributed by atoms with van der Waals surface area (Å²) in [4.78, 5) is 18.4. The molecule has 0 bridgehead atoms. The van der Waals surface area contributed by atoms with Crippen molar-refractivity contribution in [3.8, 4) is 0 Å². The van der Waals surface area contributed by atoms with E-state index in [0.717, 1.165) is 5.56 Å². The molecule has 1 aliphatic heterocycles. The lowest BCUT2D eigenvalue weighted by Gasteiger charge is -2.31. The maximum atomic E-state index is 12.3. The van der Waals surface area contributed by atoms with Crippen LogP contribution in [0.25, 0.3) is 0 Å². The van der Waals surface area contributed by atoms with Crippen LogP contribution < -0.4 is 0 Å². The molecule has 1 aromatic rings. The molecular formula is C16H22N2O3. The Morgan fingerprint density at radius 1 is 1.33 bits per heavy atom. The molecule has 0 saturated heterocycles. The molecule has 0 unspecified atom stereocenters. The summed E-state index contributed by atoms with van der Waals surface area (Å²) < 4.78 is 10.6. The number of rotatable bonds is 2. The highest BCUT2D eigenvalue weighted by molar-refractivity contribution is 5.85. The van der Waals surface area contributed by atoms with Crippen molar-refractivity contribution >= 4 is 12.0 Å². The average Bonchev–Trinajstić information content (AvgIpc) is 2.90. The maximum absolute atomic E-state index is 12.3. The van der Waals surface area contributed by atoms with Gasteiger partial charge in [0.15, 0.2) is 0 Å². The summed E-state index contributed by atoms with van der Waals surface area (Å²) in [6.07, 6.45) is -0.634. The van der Waals surface area contributed by atoms with E-state index >= 15 is 0 Å². The van der Waals surface area contributed by atoms with Crippen LogP contribution >= 0.6 is 0 Å². The summed E-state index contributed by atoms with van der Waals surface area (Å²) in [5, 5.41) is 0. The Balaban J connectivity index is 2.01. The van der Waals surface area contributed by atoms with E-state index in [1.807, 2.05) is 51.1 Å². The van der Waals surface area contributed by atoms with Crippen LogP contribution in [0.5, 0.6) is 0 Å². The van der Waals surface area contributed by atoms with Crippen molar-refractivity contribution in [2.24, 2.45) is 10.4 Å². The van der Waals surface area contributed by atoms with Gasteiger partial charge in [-0.1, -0.05) is 51.1 Å². The Labute approximate surface area is 125 Å². The molecule has 0 radical (unpaired) electrons. The molecule has 0 saturated carbocycles. The van der Waals surface area contributed by atoms with Crippen molar-refractivity contribution < 1.29 is 14.3 Å². The lowest BCUT2D eigenvalue weighted by Crippen LogP contribution is -2.44. The number of methoxy groups -OCH3 is 1. The maximum Gasteiger partial charge on any atom is 0.412 e. The smallest absolute Gasteiger partial charge is 0.412 e. The quantitative estimate of drug-likeness (QED) is 0.841. The second kappa shape index (κ2) is 6.16. The van der Waals surface area contributed by atoms with Gasteiger partial charge in [-0.05, 0) is 5.56 Å². The Bertz CT molecular complexity index is 520.